The summed E-state index contributed by atoms with van der Waals surface area (Å²) >= 11 is 12.1. The lowest BCUT2D eigenvalue weighted by Crippen LogP contribution is -2.42. The van der Waals surface area contributed by atoms with Gasteiger partial charge in [-0.1, -0.05) is 65.7 Å². The fraction of sp³-hybridized carbons (Fsp3) is 0.207. The average molecular weight is 581 g/mol. The summed E-state index contributed by atoms with van der Waals surface area (Å²) in [7, 11) is 0. The Bertz CT molecular complexity index is 1550. The van der Waals surface area contributed by atoms with E-state index in [1.54, 1.807) is 12.1 Å². The van der Waals surface area contributed by atoms with Gasteiger partial charge in [0.15, 0.2) is 0 Å². The van der Waals surface area contributed by atoms with E-state index in [9.17, 15) is 24.3 Å². The molecular formula is C29H26Cl2N4O5. The number of aromatic nitrogens is 1. The first-order chi connectivity index (χ1) is 19.2. The van der Waals surface area contributed by atoms with E-state index in [0.717, 1.165) is 19.3 Å². The van der Waals surface area contributed by atoms with Crippen LogP contribution in [0.25, 0.3) is 0 Å². The molecule has 0 fully saturated rings. The summed E-state index contributed by atoms with van der Waals surface area (Å²) in [4.78, 5) is 52.7. The number of carboxylic acids is 1. The van der Waals surface area contributed by atoms with Gasteiger partial charge in [0.25, 0.3) is 16.8 Å². The molecule has 40 heavy (non-hydrogen) atoms. The van der Waals surface area contributed by atoms with Crippen molar-refractivity contribution in [2.75, 3.05) is 22.5 Å². The quantitative estimate of drug-likeness (QED) is 0.131. The summed E-state index contributed by atoms with van der Waals surface area (Å²) in [5.41, 5.74) is 1.02. The van der Waals surface area contributed by atoms with Crippen LogP contribution in [0.5, 0.6) is 0 Å². The normalized spacial score (nSPS) is 11.7. The number of carbonyl (C=O) groups is 2. The number of aliphatic carboxylic acids is 1. The molecule has 0 bridgehead atoms. The Hall–Kier alpha value is -4.21. The van der Waals surface area contributed by atoms with Crippen LogP contribution >= 0.6 is 23.2 Å². The minimum absolute atomic E-state index is 0.00850. The molecule has 4 N–H and O–H groups in total. The highest BCUT2D eigenvalue weighted by Gasteiger charge is 2.26. The molecule has 4 aromatic rings. The number of benzene rings is 2. The molecule has 1 heterocycles. The van der Waals surface area contributed by atoms with Crippen molar-refractivity contribution in [2.45, 2.75) is 31.7 Å². The van der Waals surface area contributed by atoms with Gasteiger partial charge in [0.2, 0.25) is 0 Å². The molecule has 1 amide bonds. The summed E-state index contributed by atoms with van der Waals surface area (Å²) in [6.07, 6.45) is 5.28. The average Bonchev–Trinajstić information content (AvgIpc) is 2.95. The van der Waals surface area contributed by atoms with Gasteiger partial charge in [-0.05, 0) is 42.5 Å². The van der Waals surface area contributed by atoms with Crippen LogP contribution in [0.4, 0.5) is 17.1 Å². The Labute approximate surface area is 239 Å². The Morgan fingerprint density at radius 1 is 0.825 bits per heavy atom. The molecule has 9 nitrogen and oxygen atoms in total. The van der Waals surface area contributed by atoms with E-state index in [2.05, 4.69) is 33.1 Å². The third kappa shape index (κ3) is 7.05. The lowest BCUT2D eigenvalue weighted by atomic mass is 10.0. The van der Waals surface area contributed by atoms with E-state index in [0.29, 0.717) is 17.7 Å². The number of hydrogen-bond donors (Lipinski definition) is 4. The molecular weight excluding hydrogens is 555 g/mol. The first-order valence-corrected chi connectivity index (χ1v) is 13.3. The van der Waals surface area contributed by atoms with Gasteiger partial charge >= 0.3 is 5.97 Å². The van der Waals surface area contributed by atoms with E-state index in [1.165, 1.54) is 30.1 Å². The van der Waals surface area contributed by atoms with Gasteiger partial charge in [-0.25, -0.2) is 4.79 Å². The number of halogens is 2. The van der Waals surface area contributed by atoms with Crippen LogP contribution in [0.15, 0.2) is 76.6 Å². The number of rotatable bonds is 13. The predicted octanol–water partition coefficient (Wildman–Crippen LogP) is 4.78. The van der Waals surface area contributed by atoms with E-state index >= 15 is 0 Å². The Morgan fingerprint density at radius 2 is 1.48 bits per heavy atom. The smallest absolute Gasteiger partial charge is 0.326 e. The molecule has 0 saturated carbocycles. The highest BCUT2D eigenvalue weighted by molar-refractivity contribution is 6.39. The first-order valence-electron chi connectivity index (χ1n) is 12.5. The zero-order valence-electron chi connectivity index (χ0n) is 21.2. The zero-order chi connectivity index (χ0) is 28.6. The van der Waals surface area contributed by atoms with Gasteiger partial charge in [0, 0.05) is 30.9 Å². The fourth-order valence-corrected chi connectivity index (χ4v) is 4.59. The van der Waals surface area contributed by atoms with Crippen molar-refractivity contribution in [2.24, 2.45) is 0 Å². The maximum absolute atomic E-state index is 12.6. The second-order valence-electron chi connectivity index (χ2n) is 9.15. The van der Waals surface area contributed by atoms with Crippen molar-refractivity contribution >= 4 is 52.1 Å². The SMILES string of the molecule is O=C(Nc1c(Cl)cncc1Cl)c1ccc(C[C@H](Nc2c(NCCCCc3ccccc3)c(=O)c2=O)C(=O)O)cc1. The third-order valence-electron chi connectivity index (χ3n) is 6.31. The molecule has 0 unspecified atom stereocenters. The van der Waals surface area contributed by atoms with Gasteiger partial charge in [-0.2, -0.15) is 0 Å². The van der Waals surface area contributed by atoms with Crippen LogP contribution in [0, 0.1) is 0 Å². The summed E-state index contributed by atoms with van der Waals surface area (Å²) < 4.78 is 0. The largest absolute Gasteiger partial charge is 0.480 e. The van der Waals surface area contributed by atoms with Crippen LogP contribution in [-0.2, 0) is 17.6 Å². The minimum Gasteiger partial charge on any atom is -0.480 e. The molecule has 0 aliphatic rings. The fourth-order valence-electron chi connectivity index (χ4n) is 4.13. The summed E-state index contributed by atoms with van der Waals surface area (Å²) in [5, 5.41) is 18.5. The molecule has 0 saturated heterocycles. The van der Waals surface area contributed by atoms with E-state index in [4.69, 9.17) is 23.2 Å². The predicted molar refractivity (Wildman–Crippen MR) is 157 cm³/mol. The lowest BCUT2D eigenvalue weighted by Gasteiger charge is -2.20. The monoisotopic (exact) mass is 580 g/mol. The topological polar surface area (TPSA) is 137 Å². The maximum Gasteiger partial charge on any atom is 0.326 e. The number of pyridine rings is 1. The number of carboxylic acid groups (broad SMARTS) is 1. The molecule has 11 heteroatoms. The number of nitrogens with one attached hydrogen (secondary N) is 3. The van der Waals surface area contributed by atoms with Crippen LogP contribution in [-0.4, -0.2) is 34.6 Å². The second kappa shape index (κ2) is 13.2. The highest BCUT2D eigenvalue weighted by atomic mass is 35.5. The van der Waals surface area contributed by atoms with E-state index in [-0.39, 0.29) is 33.5 Å². The summed E-state index contributed by atoms with van der Waals surface area (Å²) in [6.45, 7) is 0.476. The number of anilines is 3. The van der Waals surface area contributed by atoms with Crippen molar-refractivity contribution in [1.82, 2.24) is 4.98 Å². The number of unbranched alkanes of at least 4 members (excludes halogenated alkanes) is 1. The lowest BCUT2D eigenvalue weighted by molar-refractivity contribution is -0.137. The number of amides is 1. The Kier molecular flexibility index (Phi) is 9.52. The van der Waals surface area contributed by atoms with Crippen LogP contribution < -0.4 is 26.8 Å². The molecule has 1 atom stereocenters. The maximum atomic E-state index is 12.6. The van der Waals surface area contributed by atoms with Crippen LogP contribution in [0.2, 0.25) is 10.0 Å². The van der Waals surface area contributed by atoms with Crippen molar-refractivity contribution in [3.8, 4) is 0 Å². The number of nitrogens with zero attached hydrogens (tertiary/aromatic N) is 1. The molecule has 0 spiro atoms. The van der Waals surface area contributed by atoms with Crippen molar-refractivity contribution in [1.29, 1.82) is 0 Å². The summed E-state index contributed by atoms with van der Waals surface area (Å²) in [5.74, 6) is -1.65. The van der Waals surface area contributed by atoms with Crippen molar-refractivity contribution in [3.63, 3.8) is 0 Å². The molecule has 3 aromatic carbocycles. The zero-order valence-corrected chi connectivity index (χ0v) is 22.8. The third-order valence-corrected chi connectivity index (χ3v) is 6.88. The standard InChI is InChI=1S/C29H26Cl2N4O5/c30-20-15-32-16-21(31)23(20)35-28(38)19-11-9-18(10-12-19)14-22(29(39)40)34-25-24(26(36)27(25)37)33-13-5-4-8-17-6-2-1-3-7-17/h1-3,6-7,9-12,15-16,22,33-34H,4-5,8,13-14H2,(H,39,40)(H,32,35,38)/t22-/m0/s1. The van der Waals surface area contributed by atoms with Gasteiger partial charge in [-0.3, -0.25) is 19.4 Å². The molecule has 0 aliphatic carbocycles. The van der Waals surface area contributed by atoms with E-state index < -0.39 is 28.8 Å². The molecule has 0 radical (unpaired) electrons. The van der Waals surface area contributed by atoms with E-state index in [1.807, 2.05) is 18.2 Å². The molecule has 206 valence electrons. The van der Waals surface area contributed by atoms with Gasteiger partial charge in [0.1, 0.15) is 17.4 Å². The Morgan fingerprint density at radius 3 is 2.12 bits per heavy atom. The summed E-state index contributed by atoms with van der Waals surface area (Å²) in [6, 6.07) is 15.1. The number of hydrogen-bond acceptors (Lipinski definition) is 7. The van der Waals surface area contributed by atoms with Crippen molar-refractivity contribution < 1.29 is 14.7 Å². The Balaban J connectivity index is 1.34. The van der Waals surface area contributed by atoms with Crippen molar-refractivity contribution in [3.05, 3.63) is 114 Å². The molecule has 4 rings (SSSR count). The molecule has 1 aromatic heterocycles. The number of carbonyl (C=O) groups excluding carboxylic acids is 1. The van der Waals surface area contributed by atoms with Crippen LogP contribution in [0.1, 0.15) is 34.3 Å². The van der Waals surface area contributed by atoms with Gasteiger partial charge < -0.3 is 21.1 Å². The van der Waals surface area contributed by atoms with Crippen LogP contribution in [0.3, 0.4) is 0 Å². The second-order valence-corrected chi connectivity index (χ2v) is 9.96. The number of aryl methyl sites for hydroxylation is 1. The highest BCUT2D eigenvalue weighted by Crippen LogP contribution is 2.29. The molecule has 0 aliphatic heterocycles. The van der Waals surface area contributed by atoms with Gasteiger partial charge in [0.05, 0.1) is 15.7 Å². The first kappa shape index (κ1) is 28.8. The minimum atomic E-state index is -1.19. The van der Waals surface area contributed by atoms with Gasteiger partial charge in [-0.15, -0.1) is 0 Å².